The average molecular weight is 390 g/mol. The molecule has 0 saturated carbocycles. The topological polar surface area (TPSA) is 53.3 Å². The summed E-state index contributed by atoms with van der Waals surface area (Å²) in [5, 5.41) is 4.22. The van der Waals surface area contributed by atoms with E-state index in [1.807, 2.05) is 37.3 Å². The smallest absolute Gasteiger partial charge is 0.203 e. The van der Waals surface area contributed by atoms with E-state index in [-0.39, 0.29) is 5.78 Å². The number of carbonyl (C=O) groups excluding carboxylic acids is 1. The predicted molar refractivity (Wildman–Crippen MR) is 114 cm³/mol. The van der Waals surface area contributed by atoms with Crippen molar-refractivity contribution >= 4 is 11.9 Å². The first-order valence-electron chi connectivity index (χ1n) is 9.62. The molecule has 2 aromatic carbocycles. The van der Waals surface area contributed by atoms with Crippen LogP contribution >= 0.6 is 0 Å². The van der Waals surface area contributed by atoms with Gasteiger partial charge >= 0.3 is 0 Å². The molecule has 0 aliphatic rings. The highest BCUT2D eigenvalue weighted by atomic mass is 16.5. The SMILES string of the molecule is CCc1ccc(OCc2cc(/C=C/C(=O)c3cc(C)nn3C)ccc2OC)cc1. The van der Waals surface area contributed by atoms with Crippen molar-refractivity contribution in [1.82, 2.24) is 9.78 Å². The predicted octanol–water partition coefficient (Wildman–Crippen LogP) is 4.77. The van der Waals surface area contributed by atoms with Crippen LogP contribution in [0.1, 0.15) is 39.8 Å². The maximum atomic E-state index is 12.4. The molecular weight excluding hydrogens is 364 g/mol. The molecule has 0 amide bonds. The van der Waals surface area contributed by atoms with Gasteiger partial charge in [-0.05, 0) is 60.9 Å². The van der Waals surface area contributed by atoms with Crippen LogP contribution in [0.2, 0.25) is 0 Å². The zero-order chi connectivity index (χ0) is 20.8. The van der Waals surface area contributed by atoms with Crippen LogP contribution in [-0.2, 0) is 20.1 Å². The molecule has 3 rings (SSSR count). The zero-order valence-electron chi connectivity index (χ0n) is 17.3. The highest BCUT2D eigenvalue weighted by Gasteiger charge is 2.09. The minimum Gasteiger partial charge on any atom is -0.496 e. The molecule has 3 aromatic rings. The number of ketones is 1. The lowest BCUT2D eigenvalue weighted by Crippen LogP contribution is -2.04. The van der Waals surface area contributed by atoms with Crippen molar-refractivity contribution in [2.75, 3.05) is 7.11 Å². The normalized spacial score (nSPS) is 11.0. The molecular formula is C24H26N2O3. The number of hydrogen-bond donors (Lipinski definition) is 0. The lowest BCUT2D eigenvalue weighted by molar-refractivity contribution is 0.103. The van der Waals surface area contributed by atoms with Gasteiger partial charge in [0.05, 0.1) is 12.8 Å². The summed E-state index contributed by atoms with van der Waals surface area (Å²) in [6, 6.07) is 15.6. The van der Waals surface area contributed by atoms with E-state index in [2.05, 4.69) is 24.2 Å². The van der Waals surface area contributed by atoms with Crippen molar-refractivity contribution in [2.45, 2.75) is 26.9 Å². The highest BCUT2D eigenvalue weighted by Crippen LogP contribution is 2.23. The summed E-state index contributed by atoms with van der Waals surface area (Å²) >= 11 is 0. The summed E-state index contributed by atoms with van der Waals surface area (Å²) in [4.78, 5) is 12.4. The molecule has 0 aliphatic heterocycles. The molecule has 150 valence electrons. The van der Waals surface area contributed by atoms with Crippen molar-refractivity contribution in [3.8, 4) is 11.5 Å². The fourth-order valence-corrected chi connectivity index (χ4v) is 3.10. The molecule has 5 nitrogen and oxygen atoms in total. The Kier molecular flexibility index (Phi) is 6.50. The Labute approximate surface area is 171 Å². The number of aromatic nitrogens is 2. The molecule has 0 aliphatic carbocycles. The largest absolute Gasteiger partial charge is 0.496 e. The van der Waals surface area contributed by atoms with Crippen LogP contribution in [0.3, 0.4) is 0 Å². The third-order valence-electron chi connectivity index (χ3n) is 4.71. The average Bonchev–Trinajstić information content (AvgIpc) is 3.08. The maximum absolute atomic E-state index is 12.4. The number of rotatable bonds is 8. The molecule has 1 aromatic heterocycles. The molecule has 0 saturated heterocycles. The van der Waals surface area contributed by atoms with Gasteiger partial charge in [-0.2, -0.15) is 5.10 Å². The second kappa shape index (κ2) is 9.24. The molecule has 0 unspecified atom stereocenters. The summed E-state index contributed by atoms with van der Waals surface area (Å²) in [5.41, 5.74) is 4.47. The third kappa shape index (κ3) is 5.13. The van der Waals surface area contributed by atoms with Crippen molar-refractivity contribution in [3.05, 3.63) is 82.7 Å². The second-order valence-electron chi connectivity index (χ2n) is 6.85. The number of allylic oxidation sites excluding steroid dienone is 1. The van der Waals surface area contributed by atoms with Gasteiger partial charge < -0.3 is 9.47 Å². The van der Waals surface area contributed by atoms with Gasteiger partial charge in [-0.25, -0.2) is 0 Å². The lowest BCUT2D eigenvalue weighted by atomic mass is 10.1. The van der Waals surface area contributed by atoms with Gasteiger partial charge in [-0.15, -0.1) is 0 Å². The summed E-state index contributed by atoms with van der Waals surface area (Å²) in [6.45, 7) is 4.37. The summed E-state index contributed by atoms with van der Waals surface area (Å²) in [6.07, 6.45) is 4.36. The lowest BCUT2D eigenvalue weighted by Gasteiger charge is -2.11. The number of methoxy groups -OCH3 is 1. The molecule has 0 spiro atoms. The molecule has 1 heterocycles. The maximum Gasteiger partial charge on any atom is 0.203 e. The van der Waals surface area contributed by atoms with E-state index in [4.69, 9.17) is 9.47 Å². The van der Waals surface area contributed by atoms with Gasteiger partial charge in [-0.1, -0.05) is 31.2 Å². The highest BCUT2D eigenvalue weighted by molar-refractivity contribution is 6.05. The van der Waals surface area contributed by atoms with E-state index in [1.54, 1.807) is 37.1 Å². The van der Waals surface area contributed by atoms with Crippen molar-refractivity contribution in [1.29, 1.82) is 0 Å². The fraction of sp³-hybridized carbons (Fsp3) is 0.250. The minimum absolute atomic E-state index is 0.0854. The van der Waals surface area contributed by atoms with Gasteiger partial charge in [0.1, 0.15) is 23.8 Å². The number of ether oxygens (including phenoxy) is 2. The van der Waals surface area contributed by atoms with E-state index in [1.165, 1.54) is 5.56 Å². The zero-order valence-corrected chi connectivity index (χ0v) is 17.3. The van der Waals surface area contributed by atoms with Gasteiger partial charge in [0.2, 0.25) is 5.78 Å². The van der Waals surface area contributed by atoms with Gasteiger partial charge in [-0.3, -0.25) is 9.48 Å². The van der Waals surface area contributed by atoms with Crippen molar-refractivity contribution < 1.29 is 14.3 Å². The Balaban J connectivity index is 1.73. The Hall–Kier alpha value is -3.34. The second-order valence-corrected chi connectivity index (χ2v) is 6.85. The van der Waals surface area contributed by atoms with Crippen LogP contribution in [-0.4, -0.2) is 22.7 Å². The summed E-state index contributed by atoms with van der Waals surface area (Å²) in [5.74, 6) is 1.48. The van der Waals surface area contributed by atoms with Crippen molar-refractivity contribution in [3.63, 3.8) is 0 Å². The minimum atomic E-state index is -0.0854. The van der Waals surface area contributed by atoms with E-state index in [0.29, 0.717) is 12.3 Å². The summed E-state index contributed by atoms with van der Waals surface area (Å²) < 4.78 is 13.0. The van der Waals surface area contributed by atoms with Crippen molar-refractivity contribution in [2.24, 2.45) is 7.05 Å². The number of benzene rings is 2. The Morgan fingerprint density at radius 2 is 1.90 bits per heavy atom. The van der Waals surface area contributed by atoms with Gasteiger partial charge in [0, 0.05) is 12.6 Å². The first kappa shape index (κ1) is 20.4. The molecule has 0 radical (unpaired) electrons. The van der Waals surface area contributed by atoms with Crippen LogP contribution in [0.25, 0.3) is 6.08 Å². The fourth-order valence-electron chi connectivity index (χ4n) is 3.10. The van der Waals surface area contributed by atoms with Crippen LogP contribution in [0.15, 0.2) is 54.6 Å². The molecule has 0 atom stereocenters. The summed E-state index contributed by atoms with van der Waals surface area (Å²) in [7, 11) is 3.41. The van der Waals surface area contributed by atoms with Gasteiger partial charge in [0.15, 0.2) is 0 Å². The quantitative estimate of drug-likeness (QED) is 0.410. The van der Waals surface area contributed by atoms with E-state index < -0.39 is 0 Å². The van der Waals surface area contributed by atoms with E-state index >= 15 is 0 Å². The first-order chi connectivity index (χ1) is 14.0. The van der Waals surface area contributed by atoms with E-state index in [0.717, 1.165) is 34.7 Å². The molecule has 0 N–H and O–H groups in total. The number of nitrogens with zero attached hydrogens (tertiary/aromatic N) is 2. The Morgan fingerprint density at radius 3 is 2.52 bits per heavy atom. The molecule has 0 fully saturated rings. The van der Waals surface area contributed by atoms with Crippen LogP contribution < -0.4 is 9.47 Å². The monoisotopic (exact) mass is 390 g/mol. The number of aryl methyl sites for hydroxylation is 3. The van der Waals surface area contributed by atoms with E-state index in [9.17, 15) is 4.79 Å². The van der Waals surface area contributed by atoms with Crippen LogP contribution in [0, 0.1) is 6.92 Å². The molecule has 0 bridgehead atoms. The van der Waals surface area contributed by atoms with Gasteiger partial charge in [0.25, 0.3) is 0 Å². The standard InChI is InChI=1S/C24H26N2O3/c1-5-18-6-10-21(11-7-18)29-16-20-15-19(9-13-24(20)28-4)8-12-23(27)22-14-17(2)25-26(22)3/h6-15H,5,16H2,1-4H3/b12-8+. The molecule has 5 heteroatoms. The van der Waals surface area contributed by atoms with Crippen LogP contribution in [0.5, 0.6) is 11.5 Å². The Bertz CT molecular complexity index is 1020. The first-order valence-corrected chi connectivity index (χ1v) is 9.62. The number of carbonyl (C=O) groups is 1. The third-order valence-corrected chi connectivity index (χ3v) is 4.71. The molecule has 29 heavy (non-hydrogen) atoms. The Morgan fingerprint density at radius 1 is 1.14 bits per heavy atom. The number of hydrogen-bond acceptors (Lipinski definition) is 4. The van der Waals surface area contributed by atoms with Crippen LogP contribution in [0.4, 0.5) is 0 Å².